The monoisotopic (exact) mass is 384 g/mol. The van der Waals surface area contributed by atoms with Crippen molar-refractivity contribution in [3.63, 3.8) is 0 Å². The molecular weight excluding hydrogens is 336 g/mol. The van der Waals surface area contributed by atoms with E-state index in [1.807, 2.05) is 0 Å². The summed E-state index contributed by atoms with van der Waals surface area (Å²) in [6.07, 6.45) is 33.5. The Hall–Kier alpha value is -0.520. The normalized spacial score (nSPS) is 37.6. The summed E-state index contributed by atoms with van der Waals surface area (Å²) in [5, 5.41) is 0. The van der Waals surface area contributed by atoms with Crippen molar-refractivity contribution in [2.75, 3.05) is 0 Å². The molecule has 160 valence electrons. The molecule has 0 bridgehead atoms. The van der Waals surface area contributed by atoms with E-state index in [2.05, 4.69) is 38.2 Å². The molecule has 0 radical (unpaired) electrons. The van der Waals surface area contributed by atoms with Crippen molar-refractivity contribution < 1.29 is 0 Å². The van der Waals surface area contributed by atoms with Crippen LogP contribution in [0.2, 0.25) is 0 Å². The van der Waals surface area contributed by atoms with Crippen LogP contribution in [0.4, 0.5) is 0 Å². The average Bonchev–Trinajstić information content (AvgIpc) is 2.74. The lowest BCUT2D eigenvalue weighted by Gasteiger charge is -2.38. The minimum atomic E-state index is 0.867. The average molecular weight is 385 g/mol. The van der Waals surface area contributed by atoms with Gasteiger partial charge < -0.3 is 0 Å². The summed E-state index contributed by atoms with van der Waals surface area (Å²) in [6, 6.07) is 0. The number of hydrogen-bond donors (Lipinski definition) is 0. The Kier molecular flexibility index (Phi) is 9.69. The molecule has 28 heavy (non-hydrogen) atoms. The summed E-state index contributed by atoms with van der Waals surface area (Å²) < 4.78 is 0. The van der Waals surface area contributed by atoms with Gasteiger partial charge in [0.15, 0.2) is 0 Å². The molecule has 3 aliphatic rings. The fourth-order valence-electron chi connectivity index (χ4n) is 6.73. The third-order valence-corrected chi connectivity index (χ3v) is 8.58. The van der Waals surface area contributed by atoms with Crippen LogP contribution in [0.1, 0.15) is 117 Å². The van der Waals surface area contributed by atoms with Crippen LogP contribution < -0.4 is 0 Å². The summed E-state index contributed by atoms with van der Waals surface area (Å²) in [6.45, 7) is 4.52. The van der Waals surface area contributed by atoms with Crippen molar-refractivity contribution >= 4 is 0 Å². The van der Waals surface area contributed by atoms with Crippen LogP contribution in [-0.2, 0) is 0 Å². The van der Waals surface area contributed by atoms with Gasteiger partial charge in [0.05, 0.1) is 0 Å². The van der Waals surface area contributed by atoms with Gasteiger partial charge in [-0.2, -0.15) is 0 Å². The molecule has 0 aliphatic heterocycles. The molecule has 3 aliphatic carbocycles. The van der Waals surface area contributed by atoms with E-state index >= 15 is 0 Å². The summed E-state index contributed by atoms with van der Waals surface area (Å²) in [5.74, 6) is 6.02. The van der Waals surface area contributed by atoms with E-state index < -0.39 is 0 Å². The summed E-state index contributed by atoms with van der Waals surface area (Å²) >= 11 is 0. The zero-order valence-electron chi connectivity index (χ0n) is 19.1. The van der Waals surface area contributed by atoms with Crippen LogP contribution in [0.25, 0.3) is 0 Å². The van der Waals surface area contributed by atoms with Gasteiger partial charge in [-0.1, -0.05) is 69.8 Å². The topological polar surface area (TPSA) is 0 Å². The van der Waals surface area contributed by atoms with E-state index in [1.54, 1.807) is 38.5 Å². The SMILES string of the molecule is C/C=C/[C@H]1CC[C@H](/C=C/CCC2CCC([C@H]3CC[C@H](CCC)CC3)CC2)CC1. The van der Waals surface area contributed by atoms with E-state index in [0.717, 1.165) is 35.5 Å². The first-order valence-corrected chi connectivity index (χ1v) is 13.1. The molecule has 3 saturated carbocycles. The van der Waals surface area contributed by atoms with Gasteiger partial charge in [-0.05, 0) is 107 Å². The lowest BCUT2D eigenvalue weighted by Crippen LogP contribution is -2.25. The van der Waals surface area contributed by atoms with Crippen LogP contribution in [0.15, 0.2) is 24.3 Å². The first-order valence-electron chi connectivity index (χ1n) is 13.1. The molecule has 0 saturated heterocycles. The van der Waals surface area contributed by atoms with Gasteiger partial charge >= 0.3 is 0 Å². The van der Waals surface area contributed by atoms with E-state index in [-0.39, 0.29) is 0 Å². The Morgan fingerprint density at radius 3 is 1.61 bits per heavy atom. The molecule has 0 spiro atoms. The predicted octanol–water partition coefficient (Wildman–Crippen LogP) is 9.12. The summed E-state index contributed by atoms with van der Waals surface area (Å²) in [7, 11) is 0. The van der Waals surface area contributed by atoms with Gasteiger partial charge in [0.2, 0.25) is 0 Å². The second-order valence-corrected chi connectivity index (χ2v) is 10.6. The summed E-state index contributed by atoms with van der Waals surface area (Å²) in [5.41, 5.74) is 0. The van der Waals surface area contributed by atoms with Crippen molar-refractivity contribution in [1.29, 1.82) is 0 Å². The van der Waals surface area contributed by atoms with Crippen molar-refractivity contribution in [3.8, 4) is 0 Å². The van der Waals surface area contributed by atoms with Gasteiger partial charge in [0.1, 0.15) is 0 Å². The number of hydrogen-bond acceptors (Lipinski definition) is 0. The van der Waals surface area contributed by atoms with E-state index in [9.17, 15) is 0 Å². The first-order chi connectivity index (χ1) is 13.8. The van der Waals surface area contributed by atoms with Crippen molar-refractivity contribution in [2.24, 2.45) is 35.5 Å². The third kappa shape index (κ3) is 7.07. The van der Waals surface area contributed by atoms with Crippen LogP contribution in [0.3, 0.4) is 0 Å². The number of allylic oxidation sites excluding steroid dienone is 4. The quantitative estimate of drug-likeness (QED) is 0.366. The van der Waals surface area contributed by atoms with Crippen LogP contribution in [-0.4, -0.2) is 0 Å². The first kappa shape index (κ1) is 22.2. The Labute approximate surface area is 176 Å². The van der Waals surface area contributed by atoms with E-state index in [4.69, 9.17) is 0 Å². The maximum atomic E-state index is 2.58. The van der Waals surface area contributed by atoms with Crippen molar-refractivity contribution in [2.45, 2.75) is 117 Å². The van der Waals surface area contributed by atoms with Crippen LogP contribution >= 0.6 is 0 Å². The van der Waals surface area contributed by atoms with Crippen LogP contribution in [0.5, 0.6) is 0 Å². The maximum absolute atomic E-state index is 2.58. The van der Waals surface area contributed by atoms with Gasteiger partial charge in [-0.3, -0.25) is 0 Å². The minimum absolute atomic E-state index is 0.867. The molecule has 3 fully saturated rings. The molecule has 0 heteroatoms. The van der Waals surface area contributed by atoms with Gasteiger partial charge in [-0.15, -0.1) is 0 Å². The molecule has 0 aromatic heterocycles. The highest BCUT2D eigenvalue weighted by atomic mass is 14.4. The molecule has 0 N–H and O–H groups in total. The zero-order valence-corrected chi connectivity index (χ0v) is 19.1. The van der Waals surface area contributed by atoms with Crippen molar-refractivity contribution in [1.82, 2.24) is 0 Å². The Morgan fingerprint density at radius 1 is 0.607 bits per heavy atom. The molecule has 0 aromatic carbocycles. The van der Waals surface area contributed by atoms with E-state index in [0.29, 0.717) is 0 Å². The largest absolute Gasteiger partial charge is 0.0914 e. The Balaban J connectivity index is 1.26. The van der Waals surface area contributed by atoms with Gasteiger partial charge in [-0.25, -0.2) is 0 Å². The molecule has 0 atom stereocenters. The molecule has 3 rings (SSSR count). The Morgan fingerprint density at radius 2 is 1.11 bits per heavy atom. The van der Waals surface area contributed by atoms with E-state index in [1.165, 1.54) is 64.2 Å². The highest BCUT2D eigenvalue weighted by Gasteiger charge is 2.30. The minimum Gasteiger partial charge on any atom is -0.0914 e. The third-order valence-electron chi connectivity index (χ3n) is 8.58. The lowest BCUT2D eigenvalue weighted by atomic mass is 9.68. The smallest absolute Gasteiger partial charge is 0.0233 e. The maximum Gasteiger partial charge on any atom is -0.0233 e. The van der Waals surface area contributed by atoms with Crippen molar-refractivity contribution in [3.05, 3.63) is 24.3 Å². The standard InChI is InChI=1S/C28H48/c1-3-7-23-11-13-25(14-12-23)9-5-6-10-26-17-21-28(22-18-26)27-19-15-24(8-4-2)16-20-27/h3,5,7,9,23-28H,4,6,8,10-22H2,1-2H3/b7-3+,9-5+/t23-,24-,25-,26?,27-,28?. The molecular formula is C28H48. The predicted molar refractivity (Wildman–Crippen MR) is 124 cm³/mol. The second kappa shape index (κ2) is 12.2. The molecule has 0 aromatic rings. The molecule has 0 heterocycles. The van der Waals surface area contributed by atoms with Gasteiger partial charge in [0.25, 0.3) is 0 Å². The fourth-order valence-corrected chi connectivity index (χ4v) is 6.73. The molecule has 0 unspecified atom stereocenters. The number of rotatable bonds is 8. The van der Waals surface area contributed by atoms with Crippen LogP contribution in [0, 0.1) is 35.5 Å². The highest BCUT2D eigenvalue weighted by molar-refractivity contribution is 4.95. The highest BCUT2D eigenvalue weighted by Crippen LogP contribution is 2.43. The lowest BCUT2D eigenvalue weighted by molar-refractivity contribution is 0.141. The fraction of sp³-hybridized carbons (Fsp3) is 0.857. The van der Waals surface area contributed by atoms with Gasteiger partial charge in [0, 0.05) is 0 Å². The zero-order chi connectivity index (χ0) is 19.6. The summed E-state index contributed by atoms with van der Waals surface area (Å²) in [4.78, 5) is 0. The molecule has 0 amide bonds. The molecule has 0 nitrogen and oxygen atoms in total. The Bertz CT molecular complexity index is 448. The second-order valence-electron chi connectivity index (χ2n) is 10.6.